The Balaban J connectivity index is 3.64. The second-order valence-electron chi connectivity index (χ2n) is 2.34. The highest BCUT2D eigenvalue weighted by atomic mass is 32.1. The highest BCUT2D eigenvalue weighted by Gasteiger charge is 2.05. The maximum Gasteiger partial charge on any atom is 0.241 e. The zero-order valence-corrected chi connectivity index (χ0v) is 8.49. The molecule has 0 saturated carbocycles. The molecule has 0 atom stereocenters. The van der Waals surface area contributed by atoms with Crippen LogP contribution in [0.1, 0.15) is 6.92 Å². The predicted octanol–water partition coefficient (Wildman–Crippen LogP) is -0.441. The molecule has 0 heterocycles. The molecule has 0 fully saturated rings. The number of thiocarbonyl (C=S) groups is 1. The molecule has 0 rings (SSSR count). The molecule has 0 saturated heterocycles. The summed E-state index contributed by atoms with van der Waals surface area (Å²) in [6.07, 6.45) is 0. The van der Waals surface area contributed by atoms with E-state index in [1.54, 1.807) is 19.0 Å². The minimum Gasteiger partial charge on any atom is -0.366 e. The lowest BCUT2D eigenvalue weighted by molar-refractivity contribution is -0.128. The summed E-state index contributed by atoms with van der Waals surface area (Å²) in [5.74, 6) is 0.0371. The van der Waals surface area contributed by atoms with Crippen molar-refractivity contribution in [3.8, 4) is 0 Å². The van der Waals surface area contributed by atoms with Gasteiger partial charge in [0, 0.05) is 20.6 Å². The van der Waals surface area contributed by atoms with E-state index in [0.29, 0.717) is 11.7 Å². The van der Waals surface area contributed by atoms with Gasteiger partial charge in [0.15, 0.2) is 5.11 Å². The largest absolute Gasteiger partial charge is 0.366 e. The third kappa shape index (κ3) is 4.12. The van der Waals surface area contributed by atoms with E-state index < -0.39 is 0 Å². The standard InChI is InChI=1S/C7H15N3OS/c1-4-10(3)6(11)5-9-7(12)8-2/h4-5H2,1-3H3,(H2,8,9,12). The van der Waals surface area contributed by atoms with E-state index in [2.05, 4.69) is 10.6 Å². The number of amides is 1. The first-order chi connectivity index (χ1) is 5.61. The Morgan fingerprint density at radius 3 is 2.58 bits per heavy atom. The van der Waals surface area contributed by atoms with Crippen LogP contribution in [-0.4, -0.2) is 43.1 Å². The molecule has 0 radical (unpaired) electrons. The SMILES string of the molecule is CCN(C)C(=O)CNC(=S)NC. The molecule has 0 aromatic carbocycles. The van der Waals surface area contributed by atoms with E-state index in [1.807, 2.05) is 6.92 Å². The molecule has 4 nitrogen and oxygen atoms in total. The van der Waals surface area contributed by atoms with E-state index in [1.165, 1.54) is 0 Å². The van der Waals surface area contributed by atoms with Gasteiger partial charge in [-0.2, -0.15) is 0 Å². The van der Waals surface area contributed by atoms with Crippen molar-refractivity contribution in [1.82, 2.24) is 15.5 Å². The van der Waals surface area contributed by atoms with Gasteiger partial charge in [0.2, 0.25) is 5.91 Å². The molecular formula is C7H15N3OS. The molecule has 12 heavy (non-hydrogen) atoms. The fourth-order valence-corrected chi connectivity index (χ4v) is 0.628. The average Bonchev–Trinajstić information content (AvgIpc) is 2.11. The number of hydrogen-bond donors (Lipinski definition) is 2. The maximum atomic E-state index is 11.2. The van der Waals surface area contributed by atoms with Gasteiger partial charge in [-0.05, 0) is 19.1 Å². The van der Waals surface area contributed by atoms with Gasteiger partial charge in [-0.15, -0.1) is 0 Å². The third-order valence-corrected chi connectivity index (χ3v) is 1.88. The summed E-state index contributed by atoms with van der Waals surface area (Å²) in [7, 11) is 3.47. The van der Waals surface area contributed by atoms with Crippen molar-refractivity contribution in [3.05, 3.63) is 0 Å². The molecule has 0 aromatic rings. The van der Waals surface area contributed by atoms with Gasteiger partial charge >= 0.3 is 0 Å². The Kier molecular flexibility index (Phi) is 5.36. The van der Waals surface area contributed by atoms with Crippen molar-refractivity contribution in [2.45, 2.75) is 6.92 Å². The molecule has 0 aliphatic carbocycles. The summed E-state index contributed by atoms with van der Waals surface area (Å²) in [4.78, 5) is 12.8. The lowest BCUT2D eigenvalue weighted by Gasteiger charge is -2.15. The van der Waals surface area contributed by atoms with Gasteiger partial charge in [-0.25, -0.2) is 0 Å². The van der Waals surface area contributed by atoms with E-state index in [4.69, 9.17) is 12.2 Å². The van der Waals surface area contributed by atoms with Crippen molar-refractivity contribution >= 4 is 23.2 Å². The van der Waals surface area contributed by atoms with Gasteiger partial charge in [-0.1, -0.05) is 0 Å². The first kappa shape index (κ1) is 11.2. The van der Waals surface area contributed by atoms with Crippen LogP contribution in [0.5, 0.6) is 0 Å². The van der Waals surface area contributed by atoms with Crippen LogP contribution in [0.25, 0.3) is 0 Å². The van der Waals surface area contributed by atoms with Crippen LogP contribution in [-0.2, 0) is 4.79 Å². The fourth-order valence-electron chi connectivity index (χ4n) is 0.556. The molecular weight excluding hydrogens is 174 g/mol. The first-order valence-electron chi connectivity index (χ1n) is 3.81. The molecule has 0 aliphatic heterocycles. The minimum atomic E-state index is 0.0371. The zero-order valence-electron chi connectivity index (χ0n) is 7.68. The number of rotatable bonds is 3. The Labute approximate surface area is 78.3 Å². The Morgan fingerprint density at radius 2 is 2.17 bits per heavy atom. The van der Waals surface area contributed by atoms with Crippen LogP contribution in [0.3, 0.4) is 0 Å². The van der Waals surface area contributed by atoms with Crippen molar-refractivity contribution in [2.24, 2.45) is 0 Å². The van der Waals surface area contributed by atoms with Gasteiger partial charge in [0.1, 0.15) is 0 Å². The van der Waals surface area contributed by atoms with E-state index >= 15 is 0 Å². The van der Waals surface area contributed by atoms with E-state index in [-0.39, 0.29) is 12.5 Å². The van der Waals surface area contributed by atoms with Crippen LogP contribution in [0.15, 0.2) is 0 Å². The normalized spacial score (nSPS) is 8.92. The van der Waals surface area contributed by atoms with Gasteiger partial charge in [-0.3, -0.25) is 4.79 Å². The van der Waals surface area contributed by atoms with Crippen molar-refractivity contribution < 1.29 is 4.79 Å². The lowest BCUT2D eigenvalue weighted by atomic mass is 10.5. The van der Waals surface area contributed by atoms with Gasteiger partial charge in [0.25, 0.3) is 0 Å². The maximum absolute atomic E-state index is 11.2. The predicted molar refractivity (Wildman–Crippen MR) is 53.0 cm³/mol. The van der Waals surface area contributed by atoms with Crippen molar-refractivity contribution in [1.29, 1.82) is 0 Å². The molecule has 0 aromatic heterocycles. The van der Waals surface area contributed by atoms with Crippen LogP contribution in [0, 0.1) is 0 Å². The van der Waals surface area contributed by atoms with Gasteiger partial charge < -0.3 is 15.5 Å². The average molecular weight is 189 g/mol. The summed E-state index contributed by atoms with van der Waals surface area (Å²) in [6, 6.07) is 0. The monoisotopic (exact) mass is 189 g/mol. The Bertz CT molecular complexity index is 172. The van der Waals surface area contributed by atoms with E-state index in [9.17, 15) is 4.79 Å². The second kappa shape index (κ2) is 5.77. The Hall–Kier alpha value is -0.840. The Morgan fingerprint density at radius 1 is 1.58 bits per heavy atom. The van der Waals surface area contributed by atoms with E-state index in [0.717, 1.165) is 0 Å². The molecule has 0 aliphatic rings. The highest BCUT2D eigenvalue weighted by Crippen LogP contribution is 1.81. The molecule has 0 bridgehead atoms. The topological polar surface area (TPSA) is 44.4 Å². The number of carbonyl (C=O) groups is 1. The molecule has 0 spiro atoms. The molecule has 1 amide bonds. The second-order valence-corrected chi connectivity index (χ2v) is 2.75. The number of likely N-dealkylation sites (N-methyl/N-ethyl adjacent to an activating group) is 1. The van der Waals surface area contributed by atoms with Crippen LogP contribution >= 0.6 is 12.2 Å². The van der Waals surface area contributed by atoms with Crippen LogP contribution in [0.2, 0.25) is 0 Å². The molecule has 2 N–H and O–H groups in total. The summed E-state index contributed by atoms with van der Waals surface area (Å²) in [6.45, 7) is 2.89. The van der Waals surface area contributed by atoms with Crippen molar-refractivity contribution in [3.63, 3.8) is 0 Å². The smallest absolute Gasteiger partial charge is 0.241 e. The zero-order chi connectivity index (χ0) is 9.56. The summed E-state index contributed by atoms with van der Waals surface area (Å²) in [5.41, 5.74) is 0. The lowest BCUT2D eigenvalue weighted by Crippen LogP contribution is -2.41. The molecule has 5 heteroatoms. The number of hydrogen-bond acceptors (Lipinski definition) is 2. The number of carbonyl (C=O) groups excluding carboxylic acids is 1. The van der Waals surface area contributed by atoms with Gasteiger partial charge in [0.05, 0.1) is 6.54 Å². The summed E-state index contributed by atoms with van der Waals surface area (Å²) < 4.78 is 0. The molecule has 0 unspecified atom stereocenters. The summed E-state index contributed by atoms with van der Waals surface area (Å²) >= 11 is 4.80. The summed E-state index contributed by atoms with van der Waals surface area (Å²) in [5, 5.41) is 6.00. The first-order valence-corrected chi connectivity index (χ1v) is 4.22. The molecule has 70 valence electrons. The van der Waals surface area contributed by atoms with Crippen LogP contribution < -0.4 is 10.6 Å². The third-order valence-electron chi connectivity index (χ3n) is 1.53. The quantitative estimate of drug-likeness (QED) is 0.591. The highest BCUT2D eigenvalue weighted by molar-refractivity contribution is 7.80. The number of nitrogens with zero attached hydrogens (tertiary/aromatic N) is 1. The van der Waals surface area contributed by atoms with Crippen molar-refractivity contribution in [2.75, 3.05) is 27.2 Å². The number of nitrogens with one attached hydrogen (secondary N) is 2. The van der Waals surface area contributed by atoms with Crippen LogP contribution in [0.4, 0.5) is 0 Å². The fraction of sp³-hybridized carbons (Fsp3) is 0.714. The minimum absolute atomic E-state index is 0.0371.